The fourth-order valence-electron chi connectivity index (χ4n) is 1.55. The predicted octanol–water partition coefficient (Wildman–Crippen LogP) is 0.303. The van der Waals surface area contributed by atoms with Crippen LogP contribution in [0.25, 0.3) is 0 Å². The summed E-state index contributed by atoms with van der Waals surface area (Å²) in [4.78, 5) is 11.0. The normalized spacial score (nSPS) is 13.5. The van der Waals surface area contributed by atoms with Gasteiger partial charge < -0.3 is 16.2 Å². The summed E-state index contributed by atoms with van der Waals surface area (Å²) in [7, 11) is 0. The highest BCUT2D eigenvalue weighted by atomic mass is 16.5. The Hall–Kier alpha value is -1.71. The van der Waals surface area contributed by atoms with Gasteiger partial charge >= 0.3 is 0 Å². The summed E-state index contributed by atoms with van der Waals surface area (Å²) in [6.07, 6.45) is 0.707. The molecule has 4 N–H and O–H groups in total. The van der Waals surface area contributed by atoms with E-state index in [0.717, 1.165) is 5.56 Å². The summed E-state index contributed by atoms with van der Waals surface area (Å²) >= 11 is 0. The number of nitrogens with two attached hydrogens (primary N) is 2. The molecule has 1 aromatic carbocycles. The van der Waals surface area contributed by atoms with Gasteiger partial charge in [0.1, 0.15) is 5.75 Å². The van der Waals surface area contributed by atoms with Crippen molar-refractivity contribution in [3.05, 3.63) is 23.3 Å². The van der Waals surface area contributed by atoms with Crippen LogP contribution in [0.5, 0.6) is 5.75 Å². The average molecular weight is 178 g/mol. The van der Waals surface area contributed by atoms with Gasteiger partial charge in [0.2, 0.25) is 5.91 Å². The summed E-state index contributed by atoms with van der Waals surface area (Å²) in [5, 5.41) is 0. The topological polar surface area (TPSA) is 78.3 Å². The number of ether oxygens (including phenoxy) is 1. The van der Waals surface area contributed by atoms with Crippen LogP contribution >= 0.6 is 0 Å². The minimum Gasteiger partial charge on any atom is -0.491 e. The number of benzene rings is 1. The largest absolute Gasteiger partial charge is 0.491 e. The van der Waals surface area contributed by atoms with Crippen molar-refractivity contribution >= 4 is 11.6 Å². The molecule has 4 nitrogen and oxygen atoms in total. The molecular weight excluding hydrogens is 168 g/mol. The molecule has 13 heavy (non-hydrogen) atoms. The number of anilines is 1. The molecule has 0 spiro atoms. The van der Waals surface area contributed by atoms with Crippen molar-refractivity contribution in [1.29, 1.82) is 0 Å². The van der Waals surface area contributed by atoms with E-state index in [1.165, 1.54) is 0 Å². The Balaban J connectivity index is 2.62. The molecule has 4 heteroatoms. The molecule has 0 radical (unpaired) electrons. The van der Waals surface area contributed by atoms with Crippen LogP contribution < -0.4 is 16.2 Å². The Bertz CT molecular complexity index is 374. The fraction of sp³-hybridized carbons (Fsp3) is 0.222. The van der Waals surface area contributed by atoms with E-state index < -0.39 is 5.91 Å². The smallest absolute Gasteiger partial charge is 0.249 e. The molecule has 0 saturated carbocycles. The predicted molar refractivity (Wildman–Crippen MR) is 48.6 cm³/mol. The van der Waals surface area contributed by atoms with Gasteiger partial charge in [-0.1, -0.05) is 0 Å². The zero-order valence-electron chi connectivity index (χ0n) is 7.04. The van der Waals surface area contributed by atoms with Gasteiger partial charge in [0.05, 0.1) is 12.3 Å². The van der Waals surface area contributed by atoms with Crippen molar-refractivity contribution in [2.24, 2.45) is 5.73 Å². The second-order valence-corrected chi connectivity index (χ2v) is 2.97. The third-order valence-electron chi connectivity index (χ3n) is 2.15. The Labute approximate surface area is 75.5 Å². The lowest BCUT2D eigenvalue weighted by Gasteiger charge is -2.05. The zero-order chi connectivity index (χ0) is 9.42. The summed E-state index contributed by atoms with van der Waals surface area (Å²) in [5.41, 5.74) is 12.8. The maximum Gasteiger partial charge on any atom is 0.249 e. The van der Waals surface area contributed by atoms with Crippen molar-refractivity contribution < 1.29 is 9.53 Å². The van der Waals surface area contributed by atoms with E-state index in [1.807, 2.05) is 0 Å². The van der Waals surface area contributed by atoms with Gasteiger partial charge in [-0.25, -0.2) is 0 Å². The molecule has 0 unspecified atom stereocenters. The molecule has 0 aliphatic carbocycles. The molecule has 1 heterocycles. The SMILES string of the molecule is NC(=O)c1ccc(N)c2c1CCO2. The fourth-order valence-corrected chi connectivity index (χ4v) is 1.55. The Morgan fingerprint density at radius 2 is 2.23 bits per heavy atom. The molecule has 1 aliphatic rings. The number of hydrogen-bond acceptors (Lipinski definition) is 3. The number of carbonyl (C=O) groups is 1. The van der Waals surface area contributed by atoms with Crippen LogP contribution in [0, 0.1) is 0 Å². The first-order chi connectivity index (χ1) is 6.20. The molecule has 0 bridgehead atoms. The number of nitrogen functional groups attached to an aromatic ring is 1. The lowest BCUT2D eigenvalue weighted by molar-refractivity contribution is 0.0999. The highest BCUT2D eigenvalue weighted by Gasteiger charge is 2.20. The summed E-state index contributed by atoms with van der Waals surface area (Å²) in [6.45, 7) is 0.573. The first-order valence-corrected chi connectivity index (χ1v) is 4.04. The number of rotatable bonds is 1. The molecule has 1 aromatic rings. The van der Waals surface area contributed by atoms with Crippen molar-refractivity contribution in [3.8, 4) is 5.75 Å². The number of primary amides is 1. The van der Waals surface area contributed by atoms with Crippen LogP contribution in [0.3, 0.4) is 0 Å². The maximum atomic E-state index is 11.0. The molecule has 0 saturated heterocycles. The van der Waals surface area contributed by atoms with Gasteiger partial charge in [0.25, 0.3) is 0 Å². The van der Waals surface area contributed by atoms with Crippen LogP contribution in [0.1, 0.15) is 15.9 Å². The first-order valence-electron chi connectivity index (χ1n) is 4.04. The third-order valence-corrected chi connectivity index (χ3v) is 2.15. The van der Waals surface area contributed by atoms with Gasteiger partial charge in [-0.2, -0.15) is 0 Å². The van der Waals surface area contributed by atoms with E-state index in [-0.39, 0.29) is 0 Å². The number of carbonyl (C=O) groups excluding carboxylic acids is 1. The quantitative estimate of drug-likeness (QED) is 0.607. The highest BCUT2D eigenvalue weighted by Crippen LogP contribution is 2.33. The Morgan fingerprint density at radius 3 is 2.92 bits per heavy atom. The number of fused-ring (bicyclic) bond motifs is 1. The first kappa shape index (κ1) is 7.91. The zero-order valence-corrected chi connectivity index (χ0v) is 7.04. The molecule has 0 fully saturated rings. The van der Waals surface area contributed by atoms with Crippen LogP contribution in [-0.4, -0.2) is 12.5 Å². The van der Waals surface area contributed by atoms with E-state index in [4.69, 9.17) is 16.2 Å². The second-order valence-electron chi connectivity index (χ2n) is 2.97. The molecular formula is C9H10N2O2. The van der Waals surface area contributed by atoms with E-state index in [2.05, 4.69) is 0 Å². The van der Waals surface area contributed by atoms with E-state index >= 15 is 0 Å². The van der Waals surface area contributed by atoms with Crippen molar-refractivity contribution in [1.82, 2.24) is 0 Å². The summed E-state index contributed by atoms with van der Waals surface area (Å²) < 4.78 is 5.29. The van der Waals surface area contributed by atoms with Gasteiger partial charge in [-0.3, -0.25) is 4.79 Å². The van der Waals surface area contributed by atoms with Gasteiger partial charge in [0.15, 0.2) is 0 Å². The highest BCUT2D eigenvalue weighted by molar-refractivity contribution is 5.96. The number of amides is 1. The number of hydrogen-bond donors (Lipinski definition) is 2. The van der Waals surface area contributed by atoms with Crippen molar-refractivity contribution in [2.45, 2.75) is 6.42 Å². The summed E-state index contributed by atoms with van der Waals surface area (Å²) in [5.74, 6) is 0.193. The monoisotopic (exact) mass is 178 g/mol. The second kappa shape index (κ2) is 2.65. The van der Waals surface area contributed by atoms with Gasteiger partial charge in [-0.15, -0.1) is 0 Å². The Morgan fingerprint density at radius 1 is 1.46 bits per heavy atom. The lowest BCUT2D eigenvalue weighted by atomic mass is 10.0. The molecule has 1 amide bonds. The standard InChI is InChI=1S/C9H10N2O2/c10-7-2-1-6(9(11)12)5-3-4-13-8(5)7/h1-2H,3-4,10H2,(H2,11,12). The minimum absolute atomic E-state index is 0.429. The minimum atomic E-state index is -0.429. The molecule has 1 aliphatic heterocycles. The molecule has 0 atom stereocenters. The van der Waals surface area contributed by atoms with Crippen LogP contribution in [0.4, 0.5) is 5.69 Å². The third kappa shape index (κ3) is 1.11. The Kier molecular flexibility index (Phi) is 1.62. The van der Waals surface area contributed by atoms with E-state index in [0.29, 0.717) is 30.0 Å². The molecule has 2 rings (SSSR count). The van der Waals surface area contributed by atoms with Crippen LogP contribution in [-0.2, 0) is 6.42 Å². The van der Waals surface area contributed by atoms with Crippen LogP contribution in [0.15, 0.2) is 12.1 Å². The average Bonchev–Trinajstić information content (AvgIpc) is 2.53. The summed E-state index contributed by atoms with van der Waals surface area (Å²) in [6, 6.07) is 3.29. The van der Waals surface area contributed by atoms with Gasteiger partial charge in [-0.05, 0) is 12.1 Å². The van der Waals surface area contributed by atoms with Gasteiger partial charge in [0, 0.05) is 17.5 Å². The van der Waals surface area contributed by atoms with E-state index in [9.17, 15) is 4.79 Å². The lowest BCUT2D eigenvalue weighted by Crippen LogP contribution is -2.13. The van der Waals surface area contributed by atoms with Crippen molar-refractivity contribution in [2.75, 3.05) is 12.3 Å². The van der Waals surface area contributed by atoms with Crippen molar-refractivity contribution in [3.63, 3.8) is 0 Å². The molecule has 0 aromatic heterocycles. The molecule has 68 valence electrons. The van der Waals surface area contributed by atoms with E-state index in [1.54, 1.807) is 12.1 Å². The van der Waals surface area contributed by atoms with Crippen LogP contribution in [0.2, 0.25) is 0 Å². The maximum absolute atomic E-state index is 11.0.